The van der Waals surface area contributed by atoms with Crippen LogP contribution < -0.4 is 4.74 Å². The molecule has 0 N–H and O–H groups in total. The van der Waals surface area contributed by atoms with Crippen LogP contribution >= 0.6 is 15.9 Å². The standard InChI is InChI=1S/C22H14BrFN2O3/c23-21-11-16(6-9-22(21)29-14-15-4-7-19(24)8-5-15)10-18(13-25)17-2-1-3-20(12-17)26(27)28/h1-12H,14H2/b18-10-. The molecule has 5 nitrogen and oxygen atoms in total. The summed E-state index contributed by atoms with van der Waals surface area (Å²) in [6.45, 7) is 0.283. The summed E-state index contributed by atoms with van der Waals surface area (Å²) in [6, 6.07) is 19.4. The second-order valence-corrected chi connectivity index (χ2v) is 6.94. The van der Waals surface area contributed by atoms with Crippen LogP contribution in [0.3, 0.4) is 0 Å². The summed E-state index contributed by atoms with van der Waals surface area (Å²) < 4.78 is 19.4. The van der Waals surface area contributed by atoms with Crippen molar-refractivity contribution in [1.82, 2.24) is 0 Å². The molecular weight excluding hydrogens is 439 g/mol. The van der Waals surface area contributed by atoms with Crippen molar-refractivity contribution in [3.63, 3.8) is 0 Å². The number of nitrogens with zero attached hydrogens (tertiary/aromatic N) is 2. The third kappa shape index (κ3) is 5.27. The summed E-state index contributed by atoms with van der Waals surface area (Å²) in [6.07, 6.45) is 1.65. The fourth-order valence-electron chi connectivity index (χ4n) is 2.60. The third-order valence-electron chi connectivity index (χ3n) is 4.06. The number of nitro benzene ring substituents is 1. The molecule has 0 amide bonds. The second kappa shape index (κ2) is 9.13. The van der Waals surface area contributed by atoms with Gasteiger partial charge in [-0.1, -0.05) is 30.3 Å². The number of rotatable bonds is 6. The zero-order valence-corrected chi connectivity index (χ0v) is 16.6. The lowest BCUT2D eigenvalue weighted by molar-refractivity contribution is -0.384. The van der Waals surface area contributed by atoms with E-state index in [0.717, 1.165) is 11.1 Å². The van der Waals surface area contributed by atoms with Crippen molar-refractivity contribution < 1.29 is 14.1 Å². The Hall–Kier alpha value is -3.50. The minimum atomic E-state index is -0.498. The van der Waals surface area contributed by atoms with Gasteiger partial charge in [-0.05, 0) is 63.0 Å². The van der Waals surface area contributed by atoms with E-state index in [1.54, 1.807) is 48.5 Å². The van der Waals surface area contributed by atoms with Crippen LogP contribution in [0.5, 0.6) is 5.75 Å². The molecule has 0 aliphatic heterocycles. The van der Waals surface area contributed by atoms with E-state index in [0.29, 0.717) is 21.4 Å². The van der Waals surface area contributed by atoms with Gasteiger partial charge in [-0.3, -0.25) is 10.1 Å². The van der Waals surface area contributed by atoms with Crippen molar-refractivity contribution in [1.29, 1.82) is 5.26 Å². The van der Waals surface area contributed by atoms with E-state index in [-0.39, 0.29) is 18.1 Å². The minimum absolute atomic E-state index is 0.0747. The summed E-state index contributed by atoms with van der Waals surface area (Å²) in [5.74, 6) is 0.295. The number of nitro groups is 1. The maximum absolute atomic E-state index is 13.0. The van der Waals surface area contributed by atoms with Crippen molar-refractivity contribution in [3.8, 4) is 11.8 Å². The molecule has 0 aromatic heterocycles. The quantitative estimate of drug-likeness (QED) is 0.195. The van der Waals surface area contributed by atoms with Gasteiger partial charge in [-0.25, -0.2) is 4.39 Å². The fraction of sp³-hybridized carbons (Fsp3) is 0.0455. The van der Waals surface area contributed by atoms with Gasteiger partial charge in [-0.15, -0.1) is 0 Å². The highest BCUT2D eigenvalue weighted by Gasteiger charge is 2.10. The van der Waals surface area contributed by atoms with Gasteiger partial charge >= 0.3 is 0 Å². The van der Waals surface area contributed by atoms with E-state index < -0.39 is 4.92 Å². The van der Waals surface area contributed by atoms with E-state index >= 15 is 0 Å². The Morgan fingerprint density at radius 1 is 1.17 bits per heavy atom. The van der Waals surface area contributed by atoms with Crippen molar-refractivity contribution in [2.75, 3.05) is 0 Å². The van der Waals surface area contributed by atoms with Gasteiger partial charge in [0.05, 0.1) is 21.0 Å². The van der Waals surface area contributed by atoms with Gasteiger partial charge in [0.1, 0.15) is 18.2 Å². The maximum atomic E-state index is 13.0. The largest absolute Gasteiger partial charge is 0.488 e. The fourth-order valence-corrected chi connectivity index (χ4v) is 3.11. The number of nitriles is 1. The highest BCUT2D eigenvalue weighted by Crippen LogP contribution is 2.29. The molecule has 0 fully saturated rings. The summed E-state index contributed by atoms with van der Waals surface area (Å²) in [5.41, 5.74) is 2.26. The van der Waals surface area contributed by atoms with Crippen molar-refractivity contribution in [2.45, 2.75) is 6.61 Å². The Bertz CT molecular complexity index is 1120. The minimum Gasteiger partial charge on any atom is -0.488 e. The Morgan fingerprint density at radius 2 is 1.93 bits per heavy atom. The molecule has 0 aliphatic carbocycles. The van der Waals surface area contributed by atoms with Crippen molar-refractivity contribution >= 4 is 33.3 Å². The Labute approximate surface area is 175 Å². The summed E-state index contributed by atoms with van der Waals surface area (Å²) in [4.78, 5) is 10.5. The molecule has 0 aliphatic rings. The van der Waals surface area contributed by atoms with Crippen LogP contribution in [0, 0.1) is 27.3 Å². The first kappa shape index (κ1) is 20.2. The van der Waals surface area contributed by atoms with Crippen LogP contribution in [-0.2, 0) is 6.61 Å². The Morgan fingerprint density at radius 3 is 2.59 bits per heavy atom. The van der Waals surface area contributed by atoms with Crippen molar-refractivity contribution in [3.05, 3.63) is 104 Å². The molecule has 0 saturated carbocycles. The lowest BCUT2D eigenvalue weighted by Gasteiger charge is -2.09. The predicted octanol–water partition coefficient (Wildman–Crippen LogP) is 6.14. The van der Waals surface area contributed by atoms with Crippen LogP contribution in [0.4, 0.5) is 10.1 Å². The number of hydrogen-bond donors (Lipinski definition) is 0. The van der Waals surface area contributed by atoms with E-state index in [2.05, 4.69) is 22.0 Å². The number of allylic oxidation sites excluding steroid dienone is 1. The topological polar surface area (TPSA) is 76.2 Å². The van der Waals surface area contributed by atoms with E-state index in [9.17, 15) is 19.8 Å². The predicted molar refractivity (Wildman–Crippen MR) is 111 cm³/mol. The van der Waals surface area contributed by atoms with Crippen molar-refractivity contribution in [2.24, 2.45) is 0 Å². The summed E-state index contributed by atoms with van der Waals surface area (Å²) >= 11 is 3.44. The monoisotopic (exact) mass is 452 g/mol. The Kier molecular flexibility index (Phi) is 6.37. The molecule has 0 spiro atoms. The van der Waals surface area contributed by atoms with Gasteiger partial charge in [0.25, 0.3) is 5.69 Å². The highest BCUT2D eigenvalue weighted by molar-refractivity contribution is 9.10. The van der Waals surface area contributed by atoms with Crippen LogP contribution in [0.2, 0.25) is 0 Å². The molecule has 0 heterocycles. The summed E-state index contributed by atoms with van der Waals surface area (Å²) in [5, 5.41) is 20.4. The van der Waals surface area contributed by atoms with E-state index in [1.807, 2.05) is 0 Å². The molecule has 7 heteroatoms. The SMILES string of the molecule is N#C/C(=C/c1ccc(OCc2ccc(F)cc2)c(Br)c1)c1cccc([N+](=O)[O-])c1. The smallest absolute Gasteiger partial charge is 0.270 e. The molecule has 0 atom stereocenters. The zero-order chi connectivity index (χ0) is 20.8. The molecule has 0 unspecified atom stereocenters. The summed E-state index contributed by atoms with van der Waals surface area (Å²) in [7, 11) is 0. The van der Waals surface area contributed by atoms with E-state index in [1.165, 1.54) is 24.3 Å². The highest BCUT2D eigenvalue weighted by atomic mass is 79.9. The van der Waals surface area contributed by atoms with E-state index in [4.69, 9.17) is 4.74 Å². The molecular formula is C22H14BrFN2O3. The van der Waals surface area contributed by atoms with Crippen LogP contribution in [-0.4, -0.2) is 4.92 Å². The van der Waals surface area contributed by atoms with Gasteiger partial charge in [0.15, 0.2) is 0 Å². The maximum Gasteiger partial charge on any atom is 0.270 e. The molecule has 3 aromatic carbocycles. The number of ether oxygens (including phenoxy) is 1. The van der Waals surface area contributed by atoms with Gasteiger partial charge < -0.3 is 4.74 Å². The molecule has 144 valence electrons. The molecule has 0 bridgehead atoms. The molecule has 0 radical (unpaired) electrons. The van der Waals surface area contributed by atoms with Gasteiger partial charge in [0, 0.05) is 12.1 Å². The second-order valence-electron chi connectivity index (χ2n) is 6.08. The first-order chi connectivity index (χ1) is 14.0. The first-order valence-electron chi connectivity index (χ1n) is 8.49. The normalized spacial score (nSPS) is 11.0. The third-order valence-corrected chi connectivity index (χ3v) is 4.68. The zero-order valence-electron chi connectivity index (χ0n) is 15.0. The lowest BCUT2D eigenvalue weighted by atomic mass is 10.0. The lowest BCUT2D eigenvalue weighted by Crippen LogP contribution is -1.96. The van der Waals surface area contributed by atoms with Crippen LogP contribution in [0.1, 0.15) is 16.7 Å². The number of benzene rings is 3. The van der Waals surface area contributed by atoms with Gasteiger partial charge in [-0.2, -0.15) is 5.26 Å². The Balaban J connectivity index is 1.79. The molecule has 0 saturated heterocycles. The molecule has 29 heavy (non-hydrogen) atoms. The van der Waals surface area contributed by atoms with Crippen LogP contribution in [0.15, 0.2) is 71.2 Å². The average Bonchev–Trinajstić information content (AvgIpc) is 2.72. The van der Waals surface area contributed by atoms with Crippen LogP contribution in [0.25, 0.3) is 11.6 Å². The number of hydrogen-bond acceptors (Lipinski definition) is 4. The number of non-ortho nitro benzene ring substituents is 1. The molecule has 3 aromatic rings. The average molecular weight is 453 g/mol. The molecule has 3 rings (SSSR count). The number of halogens is 2. The first-order valence-corrected chi connectivity index (χ1v) is 9.29. The van der Waals surface area contributed by atoms with Gasteiger partial charge in [0.2, 0.25) is 0 Å².